The Hall–Kier alpha value is -4.27. The van der Waals surface area contributed by atoms with Gasteiger partial charge in [0.1, 0.15) is 5.82 Å². The van der Waals surface area contributed by atoms with Crippen LogP contribution in [0.2, 0.25) is 0 Å². The molecular weight excluding hydrogens is 516 g/mol. The Morgan fingerprint density at radius 2 is 2.05 bits per heavy atom. The average Bonchev–Trinajstić information content (AvgIpc) is 3.31. The van der Waals surface area contributed by atoms with E-state index in [1.54, 1.807) is 13.3 Å². The van der Waals surface area contributed by atoms with E-state index in [0.717, 1.165) is 47.9 Å². The van der Waals surface area contributed by atoms with Crippen molar-refractivity contribution >= 4 is 35.8 Å². The van der Waals surface area contributed by atoms with Gasteiger partial charge in [-0.15, -0.1) is 0 Å². The van der Waals surface area contributed by atoms with Gasteiger partial charge in [-0.05, 0) is 26.3 Å². The molecule has 0 atom stereocenters. The minimum absolute atomic E-state index is 0.172. The third-order valence-corrected chi connectivity index (χ3v) is 5.82. The van der Waals surface area contributed by atoms with Crippen molar-refractivity contribution in [2.24, 2.45) is 17.0 Å². The summed E-state index contributed by atoms with van der Waals surface area (Å²) >= 11 is 0. The number of aryl methyl sites for hydroxylation is 1. The highest BCUT2D eigenvalue weighted by Gasteiger charge is 2.22. The van der Waals surface area contributed by atoms with Crippen molar-refractivity contribution in [2.75, 3.05) is 51.9 Å². The summed E-state index contributed by atoms with van der Waals surface area (Å²) in [6, 6.07) is 3.73. The fourth-order valence-electron chi connectivity index (χ4n) is 3.77. The van der Waals surface area contributed by atoms with Crippen molar-refractivity contribution in [1.82, 2.24) is 35.3 Å². The van der Waals surface area contributed by atoms with Gasteiger partial charge in [0.2, 0.25) is 5.88 Å². The number of amides is 1. The van der Waals surface area contributed by atoms with Crippen LogP contribution in [-0.2, 0) is 23.1 Å². The largest absolute Gasteiger partial charge is 0.481 e. The van der Waals surface area contributed by atoms with E-state index in [1.165, 1.54) is 17.9 Å². The number of carbonyl (C=O) groups is 1. The van der Waals surface area contributed by atoms with Crippen LogP contribution < -0.4 is 20.4 Å². The van der Waals surface area contributed by atoms with E-state index in [1.807, 2.05) is 37.7 Å². The number of fused-ring (bicyclic) bond motifs is 1. The first-order chi connectivity index (χ1) is 19.5. The molecule has 1 aliphatic heterocycles. The average molecular weight is 553 g/mol. The number of morpholine rings is 1. The van der Waals surface area contributed by atoms with Gasteiger partial charge in [-0.3, -0.25) is 20.0 Å². The maximum atomic E-state index is 10.9. The van der Waals surface area contributed by atoms with Crippen molar-refractivity contribution in [3.63, 3.8) is 0 Å². The molecule has 214 valence electrons. The lowest BCUT2D eigenvalue weighted by atomic mass is 10.2. The van der Waals surface area contributed by atoms with Crippen molar-refractivity contribution < 1.29 is 19.5 Å². The molecule has 3 aromatic heterocycles. The van der Waals surface area contributed by atoms with Crippen LogP contribution in [-0.4, -0.2) is 95.6 Å². The second-order valence-corrected chi connectivity index (χ2v) is 8.59. The van der Waals surface area contributed by atoms with Gasteiger partial charge in [-0.25, -0.2) is 25.4 Å². The van der Waals surface area contributed by atoms with Gasteiger partial charge in [0.15, 0.2) is 22.8 Å². The number of hydrogen-bond acceptors (Lipinski definition) is 12. The normalized spacial score (nSPS) is 13.7. The first-order valence-corrected chi connectivity index (χ1v) is 12.8. The Labute approximate surface area is 232 Å². The number of aromatic nitrogens is 5. The Bertz CT molecular complexity index is 1330. The minimum atomic E-state index is -0.646. The van der Waals surface area contributed by atoms with Crippen LogP contribution in [0.5, 0.6) is 5.88 Å². The summed E-state index contributed by atoms with van der Waals surface area (Å²) in [6.45, 7) is 9.39. The number of nitrogens with one attached hydrogen (secondary N) is 2. The van der Waals surface area contributed by atoms with Crippen molar-refractivity contribution in [1.29, 1.82) is 0 Å². The third kappa shape index (κ3) is 7.65. The van der Waals surface area contributed by atoms with E-state index in [0.29, 0.717) is 38.0 Å². The van der Waals surface area contributed by atoms with E-state index in [4.69, 9.17) is 29.6 Å². The molecule has 1 amide bonds. The minimum Gasteiger partial charge on any atom is -0.481 e. The summed E-state index contributed by atoms with van der Waals surface area (Å²) in [5.74, 6) is 2.30. The summed E-state index contributed by atoms with van der Waals surface area (Å²) < 4.78 is 12.7. The lowest BCUT2D eigenvalue weighted by Crippen LogP contribution is -2.37. The molecule has 0 aliphatic carbocycles. The van der Waals surface area contributed by atoms with Crippen LogP contribution >= 0.6 is 0 Å². The number of imidazole rings is 1. The van der Waals surface area contributed by atoms with Crippen LogP contribution in [0.15, 0.2) is 40.1 Å². The molecule has 14 nitrogen and oxygen atoms in total. The lowest BCUT2D eigenvalue weighted by Gasteiger charge is -2.28. The summed E-state index contributed by atoms with van der Waals surface area (Å²) in [6.07, 6.45) is 5.20. The van der Waals surface area contributed by atoms with Gasteiger partial charge < -0.3 is 24.3 Å². The number of hydroxylamine groups is 1. The number of aliphatic imine (C=N–C) groups is 2. The highest BCUT2D eigenvalue weighted by molar-refractivity contribution is 6.11. The molecule has 14 heteroatoms. The summed E-state index contributed by atoms with van der Waals surface area (Å²) in [5, 5.41) is 11.5. The molecule has 3 N–H and O–H groups in total. The van der Waals surface area contributed by atoms with E-state index < -0.39 is 5.91 Å². The van der Waals surface area contributed by atoms with Crippen LogP contribution in [0.4, 0.5) is 5.82 Å². The predicted octanol–water partition coefficient (Wildman–Crippen LogP) is 1.55. The van der Waals surface area contributed by atoms with Gasteiger partial charge >= 0.3 is 0 Å². The van der Waals surface area contributed by atoms with Crippen LogP contribution in [0, 0.1) is 0 Å². The smallest absolute Gasteiger partial charge is 0.277 e. The Morgan fingerprint density at radius 3 is 2.65 bits per heavy atom. The van der Waals surface area contributed by atoms with Crippen molar-refractivity contribution in [3.8, 4) is 17.3 Å². The molecular formula is C26H36N10O4. The molecule has 0 bridgehead atoms. The van der Waals surface area contributed by atoms with Gasteiger partial charge in [-0.2, -0.15) is 0 Å². The van der Waals surface area contributed by atoms with Gasteiger partial charge in [-0.1, -0.05) is 6.92 Å². The maximum Gasteiger partial charge on any atom is 0.277 e. The number of hydrogen-bond donors (Lipinski definition) is 3. The van der Waals surface area contributed by atoms with E-state index >= 15 is 0 Å². The number of carbonyl (C=O) groups excluding carboxylic acids is 1. The topological polar surface area (TPSA) is 164 Å². The zero-order valence-electron chi connectivity index (χ0n) is 23.3. The molecule has 4 rings (SSSR count). The second kappa shape index (κ2) is 15.4. The third-order valence-electron chi connectivity index (χ3n) is 5.82. The first kappa shape index (κ1) is 30.3. The molecule has 0 saturated carbocycles. The van der Waals surface area contributed by atoms with Crippen LogP contribution in [0.25, 0.3) is 22.6 Å². The molecule has 0 radical (unpaired) electrons. The second-order valence-electron chi connectivity index (χ2n) is 8.59. The standard InChI is InChI=1S/C18H23N7O2.C8H13N3O2/c1-19-11-13-21-15-17(24(13)2)22-16(12-4-5-14(26-3)20-10-12)23-18(15)25-6-8-27-9-7-25;1-3-4-10-6-7(5-9-2)8(12)11-13/h4-5,10,19H,6-9,11H2,1-3H3;5-6,13H,2-4H2,1H3,(H,11,12)/b;7-5+,10-6?. The Kier molecular flexibility index (Phi) is 11.6. The Balaban J connectivity index is 0.000000289. The number of rotatable bonds is 10. The summed E-state index contributed by atoms with van der Waals surface area (Å²) in [7, 11) is 5.48. The van der Waals surface area contributed by atoms with Crippen LogP contribution in [0.1, 0.15) is 19.2 Å². The SMILES string of the molecule is C=N/C=C(\C=NCCC)C(=O)NO.CNCc1nc2c(N3CCOCC3)nc(-c3ccc(OC)nc3)nc2n1C. The van der Waals surface area contributed by atoms with E-state index in [9.17, 15) is 4.79 Å². The van der Waals surface area contributed by atoms with Gasteiger partial charge in [0, 0.05) is 56.9 Å². The summed E-state index contributed by atoms with van der Waals surface area (Å²) in [5.41, 5.74) is 4.12. The van der Waals surface area contributed by atoms with E-state index in [-0.39, 0.29) is 5.57 Å². The fraction of sp³-hybridized carbons (Fsp3) is 0.423. The molecule has 1 aliphatic rings. The molecule has 0 aromatic carbocycles. The predicted molar refractivity (Wildman–Crippen MR) is 153 cm³/mol. The highest BCUT2D eigenvalue weighted by Crippen LogP contribution is 2.28. The summed E-state index contributed by atoms with van der Waals surface area (Å²) in [4.78, 5) is 39.1. The van der Waals surface area contributed by atoms with Gasteiger partial charge in [0.05, 0.1) is 32.4 Å². The molecule has 4 heterocycles. The fourth-order valence-corrected chi connectivity index (χ4v) is 3.77. The number of ether oxygens (including phenoxy) is 2. The van der Waals surface area contributed by atoms with Crippen LogP contribution in [0.3, 0.4) is 0 Å². The number of methoxy groups -OCH3 is 1. The molecule has 1 saturated heterocycles. The quantitative estimate of drug-likeness (QED) is 0.145. The number of nitrogens with zero attached hydrogens (tertiary/aromatic N) is 8. The molecule has 3 aromatic rings. The molecule has 1 fully saturated rings. The molecule has 0 spiro atoms. The number of pyridine rings is 1. The first-order valence-electron chi connectivity index (χ1n) is 12.8. The van der Waals surface area contributed by atoms with Gasteiger partial charge in [0.25, 0.3) is 5.91 Å². The monoisotopic (exact) mass is 552 g/mol. The zero-order chi connectivity index (χ0) is 28.9. The maximum absolute atomic E-state index is 10.9. The van der Waals surface area contributed by atoms with Crippen molar-refractivity contribution in [3.05, 3.63) is 35.9 Å². The Morgan fingerprint density at radius 1 is 1.27 bits per heavy atom. The highest BCUT2D eigenvalue weighted by atomic mass is 16.5. The van der Waals surface area contributed by atoms with E-state index in [2.05, 4.69) is 31.9 Å². The lowest BCUT2D eigenvalue weighted by molar-refractivity contribution is -0.124. The zero-order valence-corrected chi connectivity index (χ0v) is 23.3. The molecule has 0 unspecified atom stereocenters. The number of anilines is 1. The van der Waals surface area contributed by atoms with Crippen molar-refractivity contribution in [2.45, 2.75) is 19.9 Å². The molecule has 40 heavy (non-hydrogen) atoms.